The molecule has 1 aromatic rings. The fraction of sp³-hybridized carbons (Fsp3) is 0.647. The van der Waals surface area contributed by atoms with Crippen LogP contribution in [0.25, 0.3) is 0 Å². The second-order valence-electron chi connectivity index (χ2n) is 5.76. The molecule has 0 heterocycles. The van der Waals surface area contributed by atoms with Gasteiger partial charge in [0, 0.05) is 19.6 Å². The first-order valence-electron chi connectivity index (χ1n) is 7.55. The van der Waals surface area contributed by atoms with Crippen LogP contribution in [-0.4, -0.2) is 39.2 Å². The van der Waals surface area contributed by atoms with E-state index in [1.165, 1.54) is 18.4 Å². The normalized spacial score (nSPS) is 11.9. The average molecular weight is 278 g/mol. The molecule has 0 aliphatic heterocycles. The van der Waals surface area contributed by atoms with Gasteiger partial charge in [0.2, 0.25) is 0 Å². The number of rotatable bonds is 9. The summed E-state index contributed by atoms with van der Waals surface area (Å²) in [6.45, 7) is 7.76. The Kier molecular flexibility index (Phi) is 7.03. The van der Waals surface area contributed by atoms with Crippen molar-refractivity contribution in [2.24, 2.45) is 5.41 Å². The molecule has 0 radical (unpaired) electrons. The van der Waals surface area contributed by atoms with E-state index in [9.17, 15) is 0 Å². The fourth-order valence-electron chi connectivity index (χ4n) is 2.83. The molecule has 0 aromatic heterocycles. The second-order valence-corrected chi connectivity index (χ2v) is 5.76. The zero-order valence-electron chi connectivity index (χ0n) is 13.7. The molecule has 0 unspecified atom stereocenters. The molecule has 114 valence electrons. The van der Waals surface area contributed by atoms with Crippen molar-refractivity contribution in [3.05, 3.63) is 29.8 Å². The SMILES string of the molecule is CCC(CC)(CNC)CN(C)Cc1ccc(OC)cc1. The zero-order chi connectivity index (χ0) is 15.0. The van der Waals surface area contributed by atoms with Crippen molar-refractivity contribution in [3.63, 3.8) is 0 Å². The van der Waals surface area contributed by atoms with Crippen molar-refractivity contribution in [1.82, 2.24) is 10.2 Å². The van der Waals surface area contributed by atoms with E-state index in [0.29, 0.717) is 5.41 Å². The van der Waals surface area contributed by atoms with Crippen molar-refractivity contribution in [2.75, 3.05) is 34.3 Å². The van der Waals surface area contributed by atoms with E-state index in [0.717, 1.165) is 25.4 Å². The quantitative estimate of drug-likeness (QED) is 0.751. The van der Waals surface area contributed by atoms with Gasteiger partial charge in [-0.1, -0.05) is 26.0 Å². The lowest BCUT2D eigenvalue weighted by Crippen LogP contribution is -2.41. The fourth-order valence-corrected chi connectivity index (χ4v) is 2.83. The van der Waals surface area contributed by atoms with Crippen LogP contribution in [0, 0.1) is 5.41 Å². The van der Waals surface area contributed by atoms with Gasteiger partial charge in [-0.3, -0.25) is 0 Å². The standard InChI is InChI=1S/C17H30N2O/c1-6-17(7-2,13-18-3)14-19(4)12-15-8-10-16(20-5)11-9-15/h8-11,18H,6-7,12-14H2,1-5H3. The van der Waals surface area contributed by atoms with Gasteiger partial charge >= 0.3 is 0 Å². The first-order valence-corrected chi connectivity index (χ1v) is 7.55. The topological polar surface area (TPSA) is 24.5 Å². The van der Waals surface area contributed by atoms with Crippen LogP contribution in [0.3, 0.4) is 0 Å². The maximum absolute atomic E-state index is 5.20. The summed E-state index contributed by atoms with van der Waals surface area (Å²) in [4.78, 5) is 2.42. The van der Waals surface area contributed by atoms with Crippen LogP contribution in [0.5, 0.6) is 5.75 Å². The Hall–Kier alpha value is -1.06. The summed E-state index contributed by atoms with van der Waals surface area (Å²) >= 11 is 0. The first-order chi connectivity index (χ1) is 9.59. The summed E-state index contributed by atoms with van der Waals surface area (Å²) in [7, 11) is 5.96. The van der Waals surface area contributed by atoms with Crippen LogP contribution in [0.4, 0.5) is 0 Å². The third kappa shape index (κ3) is 4.80. The Labute approximate surface area is 124 Å². The van der Waals surface area contributed by atoms with Crippen LogP contribution < -0.4 is 10.1 Å². The van der Waals surface area contributed by atoms with Crippen molar-refractivity contribution < 1.29 is 4.74 Å². The predicted molar refractivity (Wildman–Crippen MR) is 86.3 cm³/mol. The molecule has 0 fully saturated rings. The molecule has 20 heavy (non-hydrogen) atoms. The monoisotopic (exact) mass is 278 g/mol. The molecule has 1 rings (SSSR count). The Morgan fingerprint density at radius 2 is 1.75 bits per heavy atom. The third-order valence-corrected chi connectivity index (χ3v) is 4.27. The largest absolute Gasteiger partial charge is 0.497 e. The van der Waals surface area contributed by atoms with Crippen LogP contribution in [0.1, 0.15) is 32.3 Å². The number of hydrogen-bond acceptors (Lipinski definition) is 3. The average Bonchev–Trinajstić information content (AvgIpc) is 2.47. The molecule has 0 aliphatic rings. The van der Waals surface area contributed by atoms with E-state index in [-0.39, 0.29) is 0 Å². The molecule has 0 amide bonds. The minimum atomic E-state index is 0.371. The molecule has 1 aromatic carbocycles. The smallest absolute Gasteiger partial charge is 0.118 e. The van der Waals surface area contributed by atoms with Crippen LogP contribution in [0.15, 0.2) is 24.3 Å². The maximum Gasteiger partial charge on any atom is 0.118 e. The minimum absolute atomic E-state index is 0.371. The molecule has 0 saturated heterocycles. The molecule has 1 N–H and O–H groups in total. The predicted octanol–water partition coefficient (Wildman–Crippen LogP) is 3.15. The van der Waals surface area contributed by atoms with Gasteiger partial charge in [-0.2, -0.15) is 0 Å². The van der Waals surface area contributed by atoms with Gasteiger partial charge in [-0.15, -0.1) is 0 Å². The van der Waals surface area contributed by atoms with Gasteiger partial charge in [-0.05, 0) is 50.0 Å². The van der Waals surface area contributed by atoms with Crippen LogP contribution in [0.2, 0.25) is 0 Å². The molecule has 0 atom stereocenters. The molecule has 3 heteroatoms. The summed E-state index contributed by atoms with van der Waals surface area (Å²) in [6.07, 6.45) is 2.41. The highest BCUT2D eigenvalue weighted by Crippen LogP contribution is 2.27. The number of methoxy groups -OCH3 is 1. The molecule has 0 spiro atoms. The lowest BCUT2D eigenvalue weighted by molar-refractivity contribution is 0.153. The van der Waals surface area contributed by atoms with Crippen molar-refractivity contribution >= 4 is 0 Å². The molecule has 0 saturated carbocycles. The van der Waals surface area contributed by atoms with E-state index in [1.54, 1.807) is 7.11 Å². The first kappa shape index (κ1) is 17.0. The second kappa shape index (κ2) is 8.28. The number of nitrogens with zero attached hydrogens (tertiary/aromatic N) is 1. The van der Waals surface area contributed by atoms with E-state index < -0.39 is 0 Å². The lowest BCUT2D eigenvalue weighted by atomic mass is 9.81. The summed E-state index contributed by atoms with van der Waals surface area (Å²) in [5.41, 5.74) is 1.70. The van der Waals surface area contributed by atoms with Crippen LogP contribution >= 0.6 is 0 Å². The van der Waals surface area contributed by atoms with Gasteiger partial charge in [0.05, 0.1) is 7.11 Å². The highest BCUT2D eigenvalue weighted by atomic mass is 16.5. The lowest BCUT2D eigenvalue weighted by Gasteiger charge is -2.35. The molecular weight excluding hydrogens is 248 g/mol. The summed E-state index contributed by atoms with van der Waals surface area (Å²) in [5, 5.41) is 3.35. The molecular formula is C17H30N2O. The molecule has 0 bridgehead atoms. The highest BCUT2D eigenvalue weighted by Gasteiger charge is 2.26. The van der Waals surface area contributed by atoms with E-state index >= 15 is 0 Å². The number of benzene rings is 1. The van der Waals surface area contributed by atoms with E-state index in [2.05, 4.69) is 43.2 Å². The zero-order valence-corrected chi connectivity index (χ0v) is 13.7. The minimum Gasteiger partial charge on any atom is -0.497 e. The van der Waals surface area contributed by atoms with Gasteiger partial charge in [0.1, 0.15) is 5.75 Å². The Balaban J connectivity index is 2.62. The van der Waals surface area contributed by atoms with Gasteiger partial charge in [-0.25, -0.2) is 0 Å². The maximum atomic E-state index is 5.20. The van der Waals surface area contributed by atoms with Crippen molar-refractivity contribution in [2.45, 2.75) is 33.2 Å². The third-order valence-electron chi connectivity index (χ3n) is 4.27. The van der Waals surface area contributed by atoms with Crippen LogP contribution in [-0.2, 0) is 6.54 Å². The van der Waals surface area contributed by atoms with Gasteiger partial charge in [0.15, 0.2) is 0 Å². The summed E-state index contributed by atoms with van der Waals surface area (Å²) in [6, 6.07) is 8.35. The number of nitrogens with one attached hydrogen (secondary N) is 1. The summed E-state index contributed by atoms with van der Waals surface area (Å²) < 4.78 is 5.20. The van der Waals surface area contributed by atoms with Gasteiger partial charge < -0.3 is 15.0 Å². The molecule has 3 nitrogen and oxygen atoms in total. The van der Waals surface area contributed by atoms with Gasteiger partial charge in [0.25, 0.3) is 0 Å². The number of ether oxygens (including phenoxy) is 1. The number of hydrogen-bond donors (Lipinski definition) is 1. The Bertz CT molecular complexity index is 371. The van der Waals surface area contributed by atoms with Crippen molar-refractivity contribution in [1.29, 1.82) is 0 Å². The van der Waals surface area contributed by atoms with Crippen molar-refractivity contribution in [3.8, 4) is 5.75 Å². The van der Waals surface area contributed by atoms with E-state index in [1.807, 2.05) is 19.2 Å². The summed E-state index contributed by atoms with van der Waals surface area (Å²) in [5.74, 6) is 0.919. The highest BCUT2D eigenvalue weighted by molar-refractivity contribution is 5.27. The van der Waals surface area contributed by atoms with E-state index in [4.69, 9.17) is 4.74 Å². The molecule has 0 aliphatic carbocycles. The Morgan fingerprint density at radius 1 is 1.15 bits per heavy atom. The Morgan fingerprint density at radius 3 is 2.20 bits per heavy atom.